The first-order valence-electron chi connectivity index (χ1n) is 7.19. The van der Waals surface area contributed by atoms with Crippen LogP contribution in [0, 0.1) is 0 Å². The van der Waals surface area contributed by atoms with Gasteiger partial charge in [-0.2, -0.15) is 0 Å². The van der Waals surface area contributed by atoms with Gasteiger partial charge in [0.15, 0.2) is 0 Å². The molecule has 0 radical (unpaired) electrons. The van der Waals surface area contributed by atoms with E-state index in [1.54, 1.807) is 36.4 Å². The molecule has 0 aliphatic carbocycles. The number of nitrogens with one attached hydrogen (secondary N) is 1. The summed E-state index contributed by atoms with van der Waals surface area (Å²) in [7, 11) is 0. The first-order chi connectivity index (χ1) is 10.6. The lowest BCUT2D eigenvalue weighted by Crippen LogP contribution is -2.13. The van der Waals surface area contributed by atoms with Gasteiger partial charge in [0.25, 0.3) is 5.91 Å². The fraction of sp³-hybridized carbons (Fsp3) is 0.235. The van der Waals surface area contributed by atoms with Gasteiger partial charge < -0.3 is 15.8 Å². The zero-order chi connectivity index (χ0) is 15.9. The van der Waals surface area contributed by atoms with Crippen molar-refractivity contribution < 1.29 is 9.53 Å². The molecule has 0 unspecified atom stereocenters. The van der Waals surface area contributed by atoms with Crippen LogP contribution in [-0.4, -0.2) is 12.5 Å². The van der Waals surface area contributed by atoms with Gasteiger partial charge in [-0.05, 0) is 42.8 Å². The Bertz CT molecular complexity index is 659. The second-order valence-electron chi connectivity index (χ2n) is 4.92. The van der Waals surface area contributed by atoms with Crippen LogP contribution in [0.4, 0.5) is 11.4 Å². The molecule has 3 N–H and O–H groups in total. The number of ether oxygens (including phenoxy) is 1. The molecular weight excluding hydrogens is 300 g/mol. The molecule has 1 amide bonds. The van der Waals surface area contributed by atoms with Gasteiger partial charge in [0, 0.05) is 10.6 Å². The lowest BCUT2D eigenvalue weighted by Gasteiger charge is -2.10. The topological polar surface area (TPSA) is 64.3 Å². The highest BCUT2D eigenvalue weighted by Crippen LogP contribution is 2.23. The number of hydrogen-bond acceptors (Lipinski definition) is 3. The van der Waals surface area contributed by atoms with E-state index in [0.29, 0.717) is 34.3 Å². The van der Waals surface area contributed by atoms with Gasteiger partial charge in [-0.25, -0.2) is 0 Å². The molecule has 2 aromatic rings. The summed E-state index contributed by atoms with van der Waals surface area (Å²) in [6.45, 7) is 2.75. The van der Waals surface area contributed by atoms with Crippen molar-refractivity contribution in [1.82, 2.24) is 0 Å². The second kappa shape index (κ2) is 7.71. The molecule has 0 saturated carbocycles. The number of amides is 1. The Morgan fingerprint density at radius 1 is 1.27 bits per heavy atom. The lowest BCUT2D eigenvalue weighted by atomic mass is 10.2. The quantitative estimate of drug-likeness (QED) is 0.614. The van der Waals surface area contributed by atoms with Crippen LogP contribution in [0.5, 0.6) is 5.75 Å². The summed E-state index contributed by atoms with van der Waals surface area (Å²) in [6, 6.07) is 12.0. The van der Waals surface area contributed by atoms with Crippen molar-refractivity contribution in [3.63, 3.8) is 0 Å². The van der Waals surface area contributed by atoms with Gasteiger partial charge >= 0.3 is 0 Å². The molecule has 0 spiro atoms. The van der Waals surface area contributed by atoms with Crippen LogP contribution >= 0.6 is 11.6 Å². The first kappa shape index (κ1) is 16.2. The molecule has 0 heterocycles. The molecule has 0 fully saturated rings. The van der Waals surface area contributed by atoms with E-state index < -0.39 is 0 Å². The van der Waals surface area contributed by atoms with Crippen LogP contribution in [0.2, 0.25) is 5.02 Å². The zero-order valence-corrected chi connectivity index (χ0v) is 13.2. The van der Waals surface area contributed by atoms with Crippen molar-refractivity contribution >= 4 is 28.9 Å². The van der Waals surface area contributed by atoms with Crippen LogP contribution in [-0.2, 0) is 0 Å². The van der Waals surface area contributed by atoms with Gasteiger partial charge in [-0.3, -0.25) is 4.79 Å². The van der Waals surface area contributed by atoms with Crippen LogP contribution in [0.15, 0.2) is 42.5 Å². The number of nitrogens with two attached hydrogens (primary N) is 1. The molecule has 0 aliphatic heterocycles. The summed E-state index contributed by atoms with van der Waals surface area (Å²) in [5.74, 6) is 0.445. The van der Waals surface area contributed by atoms with Gasteiger partial charge in [0.1, 0.15) is 5.75 Å². The van der Waals surface area contributed by atoms with Crippen molar-refractivity contribution in [2.75, 3.05) is 17.7 Å². The van der Waals surface area contributed by atoms with E-state index in [1.807, 2.05) is 6.07 Å². The highest BCUT2D eigenvalue weighted by atomic mass is 35.5. The van der Waals surface area contributed by atoms with E-state index in [1.165, 1.54) is 0 Å². The van der Waals surface area contributed by atoms with Crippen LogP contribution in [0.3, 0.4) is 0 Å². The Balaban J connectivity index is 2.07. The lowest BCUT2D eigenvalue weighted by molar-refractivity contribution is 0.102. The van der Waals surface area contributed by atoms with Gasteiger partial charge in [-0.1, -0.05) is 31.0 Å². The van der Waals surface area contributed by atoms with Gasteiger partial charge in [0.2, 0.25) is 0 Å². The van der Waals surface area contributed by atoms with Crippen molar-refractivity contribution in [2.24, 2.45) is 0 Å². The Hall–Kier alpha value is -2.20. The van der Waals surface area contributed by atoms with E-state index in [9.17, 15) is 4.79 Å². The number of hydrogen-bond donors (Lipinski definition) is 2. The third kappa shape index (κ3) is 4.40. The number of carbonyl (C=O) groups is 1. The summed E-state index contributed by atoms with van der Waals surface area (Å²) in [6.07, 6.45) is 2.05. The molecule has 0 aromatic heterocycles. The number of carbonyl (C=O) groups excluding carboxylic acids is 1. The summed E-state index contributed by atoms with van der Waals surface area (Å²) in [4.78, 5) is 12.3. The maximum absolute atomic E-state index is 12.3. The molecule has 0 atom stereocenters. The predicted octanol–water partition coefficient (Wildman–Crippen LogP) is 4.35. The van der Waals surface area contributed by atoms with Crippen molar-refractivity contribution in [3.8, 4) is 5.75 Å². The van der Waals surface area contributed by atoms with Crippen molar-refractivity contribution in [2.45, 2.75) is 19.8 Å². The molecular formula is C17H19ClN2O2. The maximum atomic E-state index is 12.3. The molecule has 0 bridgehead atoms. The Morgan fingerprint density at radius 3 is 2.82 bits per heavy atom. The zero-order valence-electron chi connectivity index (χ0n) is 12.4. The first-order valence-corrected chi connectivity index (χ1v) is 7.57. The van der Waals surface area contributed by atoms with E-state index in [-0.39, 0.29) is 5.91 Å². The van der Waals surface area contributed by atoms with Crippen molar-refractivity contribution in [1.29, 1.82) is 0 Å². The largest absolute Gasteiger partial charge is 0.494 e. The van der Waals surface area contributed by atoms with E-state index in [2.05, 4.69) is 12.2 Å². The Morgan fingerprint density at radius 2 is 2.09 bits per heavy atom. The standard InChI is InChI=1S/C17H19ClN2O2/c1-2-3-9-22-14-6-4-5-12(10-14)17(21)20-16-8-7-13(18)11-15(16)19/h4-8,10-11H,2-3,9,19H2,1H3,(H,20,21). The minimum absolute atomic E-state index is 0.241. The average Bonchev–Trinajstić information content (AvgIpc) is 2.50. The van der Waals surface area contributed by atoms with Gasteiger partial charge in [-0.15, -0.1) is 0 Å². The van der Waals surface area contributed by atoms with E-state index >= 15 is 0 Å². The minimum atomic E-state index is -0.241. The van der Waals surface area contributed by atoms with Crippen LogP contribution in [0.1, 0.15) is 30.1 Å². The monoisotopic (exact) mass is 318 g/mol. The molecule has 4 nitrogen and oxygen atoms in total. The summed E-state index contributed by atoms with van der Waals surface area (Å²) >= 11 is 5.84. The number of anilines is 2. The fourth-order valence-corrected chi connectivity index (χ4v) is 2.08. The molecule has 2 rings (SSSR count). The average molecular weight is 319 g/mol. The molecule has 5 heteroatoms. The summed E-state index contributed by atoms with van der Waals surface area (Å²) in [5, 5.41) is 3.30. The number of nitrogen functional groups attached to an aromatic ring is 1. The molecule has 0 aliphatic rings. The normalized spacial score (nSPS) is 10.3. The smallest absolute Gasteiger partial charge is 0.255 e. The summed E-state index contributed by atoms with van der Waals surface area (Å²) in [5.41, 5.74) is 7.31. The third-order valence-electron chi connectivity index (χ3n) is 3.12. The highest BCUT2D eigenvalue weighted by Gasteiger charge is 2.09. The van der Waals surface area contributed by atoms with Gasteiger partial charge in [0.05, 0.1) is 18.0 Å². The molecule has 22 heavy (non-hydrogen) atoms. The van der Waals surface area contributed by atoms with E-state index in [0.717, 1.165) is 12.8 Å². The minimum Gasteiger partial charge on any atom is -0.494 e. The highest BCUT2D eigenvalue weighted by molar-refractivity contribution is 6.31. The number of halogens is 1. The van der Waals surface area contributed by atoms with E-state index in [4.69, 9.17) is 22.1 Å². The van der Waals surface area contributed by atoms with Crippen LogP contribution in [0.25, 0.3) is 0 Å². The predicted molar refractivity (Wildman–Crippen MR) is 90.7 cm³/mol. The second-order valence-corrected chi connectivity index (χ2v) is 5.35. The third-order valence-corrected chi connectivity index (χ3v) is 3.36. The van der Waals surface area contributed by atoms with Crippen molar-refractivity contribution in [3.05, 3.63) is 53.1 Å². The summed E-state index contributed by atoms with van der Waals surface area (Å²) < 4.78 is 5.60. The number of unbranched alkanes of at least 4 members (excludes halogenated alkanes) is 1. The Kier molecular flexibility index (Phi) is 5.67. The maximum Gasteiger partial charge on any atom is 0.255 e. The Labute approximate surface area is 135 Å². The number of benzene rings is 2. The fourth-order valence-electron chi connectivity index (χ4n) is 1.90. The molecule has 0 saturated heterocycles. The molecule has 2 aromatic carbocycles. The molecule has 116 valence electrons. The SMILES string of the molecule is CCCCOc1cccc(C(=O)Nc2ccc(Cl)cc2N)c1. The van der Waals surface area contributed by atoms with Crippen LogP contribution < -0.4 is 15.8 Å². The number of rotatable bonds is 6.